The van der Waals surface area contributed by atoms with Gasteiger partial charge in [0.15, 0.2) is 0 Å². The highest BCUT2D eigenvalue weighted by Gasteiger charge is 2.53. The van der Waals surface area contributed by atoms with Gasteiger partial charge in [-0.1, -0.05) is 37.3 Å². The predicted molar refractivity (Wildman–Crippen MR) is 138 cm³/mol. The van der Waals surface area contributed by atoms with Crippen molar-refractivity contribution >= 4 is 36.5 Å². The van der Waals surface area contributed by atoms with Gasteiger partial charge in [0, 0.05) is 36.7 Å². The highest BCUT2D eigenvalue weighted by atomic mass is 35.5. The van der Waals surface area contributed by atoms with Gasteiger partial charge < -0.3 is 20.0 Å². The molecule has 2 aromatic rings. The van der Waals surface area contributed by atoms with Gasteiger partial charge in [-0.3, -0.25) is 10.1 Å². The van der Waals surface area contributed by atoms with Gasteiger partial charge in [-0.15, -0.1) is 24.8 Å². The third-order valence-electron chi connectivity index (χ3n) is 6.18. The molecule has 3 unspecified atom stereocenters. The monoisotopic (exact) mass is 515 g/mol. The van der Waals surface area contributed by atoms with E-state index in [1.165, 1.54) is 12.1 Å². The molecule has 2 N–H and O–H groups in total. The second-order valence-electron chi connectivity index (χ2n) is 9.10. The van der Waals surface area contributed by atoms with Crippen LogP contribution in [0.3, 0.4) is 0 Å². The van der Waals surface area contributed by atoms with Crippen LogP contribution in [0.5, 0.6) is 0 Å². The summed E-state index contributed by atoms with van der Waals surface area (Å²) in [4.78, 5) is 24.4. The zero-order chi connectivity index (χ0) is 24.1. The Morgan fingerprint density at radius 1 is 1.15 bits per heavy atom. The molecule has 3 atom stereocenters. The summed E-state index contributed by atoms with van der Waals surface area (Å²) in [5.41, 5.74) is 0.0220. The van der Waals surface area contributed by atoms with Gasteiger partial charge in [-0.05, 0) is 52.2 Å². The third-order valence-corrected chi connectivity index (χ3v) is 6.18. The van der Waals surface area contributed by atoms with Crippen molar-refractivity contribution in [2.75, 3.05) is 34.2 Å². The normalized spacial score (nSPS) is 24.1. The molecule has 1 heterocycles. The number of halogens is 2. The minimum atomic E-state index is -1.09. The quantitative estimate of drug-likeness (QED) is 0.451. The molecule has 34 heavy (non-hydrogen) atoms. The first-order chi connectivity index (χ1) is 14.9. The van der Waals surface area contributed by atoms with Crippen LogP contribution in [0, 0.1) is 15.5 Å². The Morgan fingerprint density at radius 3 is 2.12 bits per heavy atom. The number of rotatable bonds is 5. The van der Waals surface area contributed by atoms with Gasteiger partial charge in [-0.25, -0.2) is 4.79 Å². The fourth-order valence-corrected chi connectivity index (χ4v) is 4.45. The number of likely N-dealkylation sites (tertiary alicyclic amines) is 1. The van der Waals surface area contributed by atoms with Crippen LogP contribution in [0.2, 0.25) is 0 Å². The van der Waals surface area contributed by atoms with E-state index < -0.39 is 16.5 Å². The van der Waals surface area contributed by atoms with E-state index in [9.17, 15) is 20.0 Å². The Bertz CT molecular complexity index is 897. The Kier molecular flexibility index (Phi) is 12.2. The molecule has 10 heteroatoms. The number of hydrogen-bond acceptors (Lipinski definition) is 6. The second kappa shape index (κ2) is 13.0. The molecule has 1 aliphatic rings. The topological polar surface area (TPSA) is 107 Å². The van der Waals surface area contributed by atoms with Crippen LogP contribution in [-0.4, -0.2) is 71.2 Å². The van der Waals surface area contributed by atoms with Crippen LogP contribution in [0.25, 0.3) is 0 Å². The maximum atomic E-state index is 11.5. The standard InChI is InChI=1S/C17H28N2O.C7H5NO4.2ClH/c1-14-11-17(20,15-9-7-6-8-10-15)16(2,12-18(3)4)13-19(14)5;9-7(10)5-1-3-6(4-2-5)8(11)12;;/h6-10,14,20H,11-13H2,1-5H3;1-4H,(H,9,10);2*1H. The van der Waals surface area contributed by atoms with E-state index >= 15 is 0 Å². The predicted octanol–water partition coefficient (Wildman–Crippen LogP) is 4.30. The highest BCUT2D eigenvalue weighted by molar-refractivity contribution is 5.87. The lowest BCUT2D eigenvalue weighted by molar-refractivity contribution is -0.384. The van der Waals surface area contributed by atoms with Crippen LogP contribution in [0.1, 0.15) is 36.2 Å². The zero-order valence-electron chi connectivity index (χ0n) is 20.2. The summed E-state index contributed by atoms with van der Waals surface area (Å²) < 4.78 is 0. The van der Waals surface area contributed by atoms with Crippen LogP contribution in [-0.2, 0) is 5.60 Å². The number of carboxylic acids is 1. The summed E-state index contributed by atoms with van der Waals surface area (Å²) >= 11 is 0. The van der Waals surface area contributed by atoms with Gasteiger partial charge in [0.1, 0.15) is 0 Å². The van der Waals surface area contributed by atoms with Crippen LogP contribution >= 0.6 is 24.8 Å². The van der Waals surface area contributed by atoms with E-state index in [2.05, 4.69) is 56.9 Å². The highest BCUT2D eigenvalue weighted by Crippen LogP contribution is 2.48. The summed E-state index contributed by atoms with van der Waals surface area (Å²) in [7, 11) is 6.31. The van der Waals surface area contributed by atoms with Gasteiger partial charge in [0.25, 0.3) is 5.69 Å². The van der Waals surface area contributed by atoms with E-state index in [-0.39, 0.29) is 41.5 Å². The van der Waals surface area contributed by atoms with Gasteiger partial charge in [0.05, 0.1) is 16.1 Å². The van der Waals surface area contributed by atoms with E-state index in [4.69, 9.17) is 5.11 Å². The number of nitro benzene ring substituents is 1. The third kappa shape index (κ3) is 7.38. The summed E-state index contributed by atoms with van der Waals surface area (Å²) in [5, 5.41) is 30.1. The van der Waals surface area contributed by atoms with Gasteiger partial charge in [-0.2, -0.15) is 0 Å². The molecule has 3 rings (SSSR count). The molecule has 0 aromatic heterocycles. The smallest absolute Gasteiger partial charge is 0.335 e. The number of non-ortho nitro benzene ring substituents is 1. The fourth-order valence-electron chi connectivity index (χ4n) is 4.45. The van der Waals surface area contributed by atoms with Crippen molar-refractivity contribution in [2.24, 2.45) is 5.41 Å². The molecule has 1 saturated heterocycles. The Labute approximate surface area is 213 Å². The number of nitrogens with zero attached hydrogens (tertiary/aromatic N) is 3. The summed E-state index contributed by atoms with van der Waals surface area (Å²) in [6, 6.07) is 15.3. The Morgan fingerprint density at radius 2 is 1.68 bits per heavy atom. The molecule has 1 fully saturated rings. The number of hydrogen-bond donors (Lipinski definition) is 2. The first-order valence-electron chi connectivity index (χ1n) is 10.5. The number of aromatic carboxylic acids is 1. The lowest BCUT2D eigenvalue weighted by atomic mass is 9.63. The van der Waals surface area contributed by atoms with Crippen molar-refractivity contribution in [2.45, 2.75) is 31.9 Å². The molecule has 0 saturated carbocycles. The number of benzene rings is 2. The molecule has 0 amide bonds. The SMILES string of the molecule is CC1CC(O)(c2ccccc2)C(C)(CN(C)C)CN1C.Cl.Cl.O=C(O)c1ccc([N+](=O)[O-])cc1. The largest absolute Gasteiger partial charge is 0.478 e. The molecular weight excluding hydrogens is 481 g/mol. The number of carboxylic acid groups (broad SMARTS) is 1. The van der Waals surface area contributed by atoms with Crippen molar-refractivity contribution in [1.29, 1.82) is 0 Å². The van der Waals surface area contributed by atoms with Crippen molar-refractivity contribution in [3.05, 3.63) is 75.8 Å². The summed E-state index contributed by atoms with van der Waals surface area (Å²) in [5.74, 6) is -1.09. The van der Waals surface area contributed by atoms with Crippen molar-refractivity contribution in [3.63, 3.8) is 0 Å². The first kappa shape index (κ1) is 31.8. The van der Waals surface area contributed by atoms with E-state index in [1.54, 1.807) is 0 Å². The average Bonchev–Trinajstić information content (AvgIpc) is 2.73. The maximum Gasteiger partial charge on any atom is 0.335 e. The first-order valence-corrected chi connectivity index (χ1v) is 10.5. The molecule has 0 bridgehead atoms. The molecule has 0 aliphatic carbocycles. The van der Waals surface area contributed by atoms with Gasteiger partial charge >= 0.3 is 5.97 Å². The van der Waals surface area contributed by atoms with Gasteiger partial charge in [0.2, 0.25) is 0 Å². The number of aliphatic hydroxyl groups is 1. The van der Waals surface area contributed by atoms with E-state index in [0.29, 0.717) is 6.04 Å². The minimum absolute atomic E-state index is 0. The molecule has 2 aromatic carbocycles. The van der Waals surface area contributed by atoms with Crippen LogP contribution < -0.4 is 0 Å². The molecular formula is C24H35Cl2N3O5. The van der Waals surface area contributed by atoms with Crippen molar-refractivity contribution < 1.29 is 19.9 Å². The lowest BCUT2D eigenvalue weighted by Gasteiger charge is -2.55. The average molecular weight is 516 g/mol. The van der Waals surface area contributed by atoms with E-state index in [1.807, 2.05) is 18.2 Å². The Hall–Kier alpha value is -2.23. The number of piperidine rings is 1. The molecule has 1 aliphatic heterocycles. The Balaban J connectivity index is 0.000000675. The van der Waals surface area contributed by atoms with Crippen LogP contribution in [0.4, 0.5) is 5.69 Å². The maximum absolute atomic E-state index is 11.5. The zero-order valence-corrected chi connectivity index (χ0v) is 21.8. The van der Waals surface area contributed by atoms with E-state index in [0.717, 1.165) is 37.2 Å². The molecule has 190 valence electrons. The second-order valence-corrected chi connectivity index (χ2v) is 9.10. The lowest BCUT2D eigenvalue weighted by Crippen LogP contribution is -2.61. The fraction of sp³-hybridized carbons (Fsp3) is 0.458. The van der Waals surface area contributed by atoms with Crippen molar-refractivity contribution in [1.82, 2.24) is 9.80 Å². The molecule has 8 nitrogen and oxygen atoms in total. The van der Waals surface area contributed by atoms with Crippen LogP contribution in [0.15, 0.2) is 54.6 Å². The number of carbonyl (C=O) groups is 1. The molecule has 0 radical (unpaired) electrons. The summed E-state index contributed by atoms with van der Waals surface area (Å²) in [6.07, 6.45) is 0.776. The number of nitro groups is 1. The molecule has 0 spiro atoms. The summed E-state index contributed by atoms with van der Waals surface area (Å²) in [6.45, 7) is 6.18. The minimum Gasteiger partial charge on any atom is -0.478 e. The van der Waals surface area contributed by atoms with Crippen molar-refractivity contribution in [3.8, 4) is 0 Å².